The molecule has 0 spiro atoms. The Labute approximate surface area is 163 Å². The van der Waals surface area contributed by atoms with E-state index >= 15 is 0 Å². The fourth-order valence-corrected chi connectivity index (χ4v) is 3.43. The summed E-state index contributed by atoms with van der Waals surface area (Å²) in [6, 6.07) is 7.38. The van der Waals surface area contributed by atoms with Gasteiger partial charge in [0.05, 0.1) is 10.7 Å². The molecule has 2 rings (SSSR count). The van der Waals surface area contributed by atoms with Crippen molar-refractivity contribution < 1.29 is 14.6 Å². The average Bonchev–Trinajstić information content (AvgIpc) is 2.55. The number of carbonyl (C=O) groups is 1. The number of carbonyl (C=O) groups excluding carboxylic acids is 1. The summed E-state index contributed by atoms with van der Waals surface area (Å²) >= 11 is 6.57. The molecule has 0 aliphatic rings. The zero-order valence-corrected chi connectivity index (χ0v) is 17.2. The first kappa shape index (κ1) is 19.5. The molecule has 7 heteroatoms. The molecule has 0 unspecified atom stereocenters. The van der Waals surface area contributed by atoms with E-state index < -0.39 is 0 Å². The number of phenolic OH excluding ortho intramolecular Hbond substituents is 1. The Kier molecular flexibility index (Phi) is 6.61. The summed E-state index contributed by atoms with van der Waals surface area (Å²) in [5.41, 5.74) is 5.95. The number of ether oxygens (including phenoxy) is 1. The third kappa shape index (κ3) is 5.06. The van der Waals surface area contributed by atoms with Crippen molar-refractivity contribution in [2.24, 2.45) is 5.10 Å². The van der Waals surface area contributed by atoms with Crippen LogP contribution in [0.4, 0.5) is 0 Å². The Morgan fingerprint density at radius 3 is 2.64 bits per heavy atom. The van der Waals surface area contributed by atoms with Crippen LogP contribution >= 0.6 is 31.9 Å². The number of benzene rings is 2. The summed E-state index contributed by atoms with van der Waals surface area (Å²) in [7, 11) is 0. The molecule has 0 saturated heterocycles. The predicted molar refractivity (Wildman–Crippen MR) is 105 cm³/mol. The molecule has 0 atom stereocenters. The van der Waals surface area contributed by atoms with Crippen LogP contribution in [0.3, 0.4) is 0 Å². The van der Waals surface area contributed by atoms with Gasteiger partial charge in [-0.15, -0.1) is 0 Å². The molecule has 2 aromatic carbocycles. The molecule has 0 heterocycles. The maximum atomic E-state index is 11.9. The van der Waals surface area contributed by atoms with Gasteiger partial charge in [-0.25, -0.2) is 5.43 Å². The summed E-state index contributed by atoms with van der Waals surface area (Å²) in [4.78, 5) is 11.9. The molecule has 0 fully saturated rings. The van der Waals surface area contributed by atoms with Crippen LogP contribution < -0.4 is 10.2 Å². The number of aryl methyl sites for hydroxylation is 2. The minimum atomic E-state index is -0.384. The molecule has 2 N–H and O–H groups in total. The highest BCUT2D eigenvalue weighted by Gasteiger charge is 2.09. The number of amides is 1. The van der Waals surface area contributed by atoms with Gasteiger partial charge in [-0.3, -0.25) is 4.79 Å². The van der Waals surface area contributed by atoms with Crippen molar-refractivity contribution in [2.75, 3.05) is 6.61 Å². The maximum Gasteiger partial charge on any atom is 0.277 e. The minimum absolute atomic E-state index is 0.0449. The van der Waals surface area contributed by atoms with Gasteiger partial charge >= 0.3 is 0 Å². The van der Waals surface area contributed by atoms with Crippen molar-refractivity contribution in [2.45, 2.75) is 20.8 Å². The monoisotopic (exact) mass is 468 g/mol. The second-order valence-electron chi connectivity index (χ2n) is 5.56. The lowest BCUT2D eigenvalue weighted by molar-refractivity contribution is -0.123. The Balaban J connectivity index is 1.97. The van der Waals surface area contributed by atoms with Crippen LogP contribution in [-0.4, -0.2) is 23.8 Å². The van der Waals surface area contributed by atoms with E-state index in [-0.39, 0.29) is 18.3 Å². The third-order valence-corrected chi connectivity index (χ3v) is 4.73. The standard InChI is InChI=1S/C18H18Br2N2O3/c1-10-4-5-11(2)18(12(10)3)25-9-16(23)22-21-8-13-6-14(19)7-15(20)17(13)24/h4-8,24H,9H2,1-3H3,(H,22,23). The second-order valence-corrected chi connectivity index (χ2v) is 7.33. The van der Waals surface area contributed by atoms with Gasteiger partial charge in [-0.2, -0.15) is 5.10 Å². The first-order valence-corrected chi connectivity index (χ1v) is 9.07. The lowest BCUT2D eigenvalue weighted by atomic mass is 10.1. The van der Waals surface area contributed by atoms with E-state index in [2.05, 4.69) is 42.4 Å². The van der Waals surface area contributed by atoms with Crippen LogP contribution in [0.1, 0.15) is 22.3 Å². The predicted octanol–water partition coefficient (Wildman–Crippen LogP) is 4.37. The molecule has 0 saturated carbocycles. The van der Waals surface area contributed by atoms with Gasteiger partial charge in [-0.1, -0.05) is 28.1 Å². The highest BCUT2D eigenvalue weighted by molar-refractivity contribution is 9.11. The topological polar surface area (TPSA) is 70.9 Å². The molecule has 0 radical (unpaired) electrons. The third-order valence-electron chi connectivity index (χ3n) is 3.67. The van der Waals surface area contributed by atoms with E-state index in [1.54, 1.807) is 12.1 Å². The fourth-order valence-electron chi connectivity index (χ4n) is 2.18. The molecule has 2 aromatic rings. The van der Waals surface area contributed by atoms with Crippen LogP contribution in [0, 0.1) is 20.8 Å². The van der Waals surface area contributed by atoms with Crippen molar-refractivity contribution in [1.82, 2.24) is 5.43 Å². The van der Waals surface area contributed by atoms with E-state index in [1.165, 1.54) is 6.21 Å². The second kappa shape index (κ2) is 8.49. The molecule has 0 bridgehead atoms. The number of aromatic hydroxyl groups is 1. The fraction of sp³-hybridized carbons (Fsp3) is 0.222. The Morgan fingerprint density at radius 2 is 1.92 bits per heavy atom. The van der Waals surface area contributed by atoms with Crippen LogP contribution in [0.15, 0.2) is 38.3 Å². The Hall–Kier alpha value is -1.86. The summed E-state index contributed by atoms with van der Waals surface area (Å²) in [6.07, 6.45) is 1.37. The van der Waals surface area contributed by atoms with Gasteiger partial charge in [0.1, 0.15) is 11.5 Å². The van der Waals surface area contributed by atoms with Crippen molar-refractivity contribution in [3.63, 3.8) is 0 Å². The number of hydrazone groups is 1. The molecule has 0 aromatic heterocycles. The first-order valence-electron chi connectivity index (χ1n) is 7.49. The lowest BCUT2D eigenvalue weighted by Gasteiger charge is -2.13. The molecular weight excluding hydrogens is 452 g/mol. The van der Waals surface area contributed by atoms with E-state index in [0.29, 0.717) is 15.8 Å². The molecule has 5 nitrogen and oxygen atoms in total. The van der Waals surface area contributed by atoms with Gasteiger partial charge in [0, 0.05) is 10.0 Å². The van der Waals surface area contributed by atoms with Crippen molar-refractivity contribution >= 4 is 44.0 Å². The number of nitrogens with one attached hydrogen (secondary N) is 1. The zero-order valence-electron chi connectivity index (χ0n) is 14.1. The number of hydrogen-bond donors (Lipinski definition) is 2. The maximum absolute atomic E-state index is 11.9. The quantitative estimate of drug-likeness (QED) is 0.504. The molecular formula is C18H18Br2N2O3. The largest absolute Gasteiger partial charge is 0.506 e. The number of hydrogen-bond acceptors (Lipinski definition) is 4. The van der Waals surface area contributed by atoms with E-state index in [4.69, 9.17) is 4.74 Å². The van der Waals surface area contributed by atoms with Crippen LogP contribution in [0.25, 0.3) is 0 Å². The smallest absolute Gasteiger partial charge is 0.277 e. The van der Waals surface area contributed by atoms with Crippen LogP contribution in [0.2, 0.25) is 0 Å². The van der Waals surface area contributed by atoms with E-state index in [9.17, 15) is 9.90 Å². The number of nitrogens with zero attached hydrogens (tertiary/aromatic N) is 1. The summed E-state index contributed by atoms with van der Waals surface area (Å²) in [5.74, 6) is 0.376. The normalized spacial score (nSPS) is 10.9. The van der Waals surface area contributed by atoms with Gasteiger partial charge in [0.15, 0.2) is 6.61 Å². The van der Waals surface area contributed by atoms with Crippen molar-refractivity contribution in [3.05, 3.63) is 55.5 Å². The molecule has 0 aliphatic carbocycles. The summed E-state index contributed by atoms with van der Waals surface area (Å²) in [5, 5.41) is 13.8. The molecule has 1 amide bonds. The number of halogens is 2. The lowest BCUT2D eigenvalue weighted by Crippen LogP contribution is -2.25. The van der Waals surface area contributed by atoms with Gasteiger partial charge in [0.25, 0.3) is 5.91 Å². The highest BCUT2D eigenvalue weighted by Crippen LogP contribution is 2.30. The van der Waals surface area contributed by atoms with Crippen molar-refractivity contribution in [3.8, 4) is 11.5 Å². The van der Waals surface area contributed by atoms with Gasteiger partial charge < -0.3 is 9.84 Å². The number of rotatable bonds is 5. The van der Waals surface area contributed by atoms with Gasteiger partial charge in [0.2, 0.25) is 0 Å². The highest BCUT2D eigenvalue weighted by atomic mass is 79.9. The SMILES string of the molecule is Cc1ccc(C)c(OCC(=O)NN=Cc2cc(Br)cc(Br)c2O)c1C. The molecule has 132 valence electrons. The summed E-state index contributed by atoms with van der Waals surface area (Å²) < 4.78 is 6.93. The number of phenols is 1. The van der Waals surface area contributed by atoms with Gasteiger partial charge in [-0.05, 0) is 65.5 Å². The Morgan fingerprint density at radius 1 is 1.24 bits per heavy atom. The van der Waals surface area contributed by atoms with Crippen molar-refractivity contribution in [1.29, 1.82) is 0 Å². The van der Waals surface area contributed by atoms with E-state index in [1.807, 2.05) is 32.9 Å². The van der Waals surface area contributed by atoms with E-state index in [0.717, 1.165) is 21.2 Å². The first-order chi connectivity index (χ1) is 11.8. The molecule has 25 heavy (non-hydrogen) atoms. The Bertz CT molecular complexity index is 836. The average molecular weight is 470 g/mol. The zero-order chi connectivity index (χ0) is 18.6. The van der Waals surface area contributed by atoms with Crippen LogP contribution in [-0.2, 0) is 4.79 Å². The van der Waals surface area contributed by atoms with Crippen LogP contribution in [0.5, 0.6) is 11.5 Å². The minimum Gasteiger partial charge on any atom is -0.506 e. The summed E-state index contributed by atoms with van der Waals surface area (Å²) in [6.45, 7) is 5.75. The molecule has 0 aliphatic heterocycles.